The Morgan fingerprint density at radius 3 is 2.76 bits per heavy atom. The van der Waals surface area contributed by atoms with Gasteiger partial charge in [-0.05, 0) is 23.8 Å². The number of nitrogens with zero attached hydrogens (tertiary/aromatic N) is 3. The van der Waals surface area contributed by atoms with Gasteiger partial charge in [-0.1, -0.05) is 47.1 Å². The van der Waals surface area contributed by atoms with E-state index in [4.69, 9.17) is 16.3 Å². The van der Waals surface area contributed by atoms with Crippen LogP contribution in [0.15, 0.2) is 54.7 Å². The quantitative estimate of drug-likeness (QED) is 0.664. The molecule has 0 spiro atoms. The van der Waals surface area contributed by atoms with Gasteiger partial charge in [0.15, 0.2) is 5.78 Å². The maximum Gasteiger partial charge on any atom is 0.222 e. The highest BCUT2D eigenvalue weighted by atomic mass is 35.5. The van der Waals surface area contributed by atoms with E-state index < -0.39 is 6.04 Å². The van der Waals surface area contributed by atoms with Crippen molar-refractivity contribution in [1.29, 1.82) is 0 Å². The van der Waals surface area contributed by atoms with Gasteiger partial charge in [-0.3, -0.25) is 14.3 Å². The van der Waals surface area contributed by atoms with Crippen molar-refractivity contribution in [2.24, 2.45) is 0 Å². The van der Waals surface area contributed by atoms with E-state index in [1.165, 1.54) is 0 Å². The van der Waals surface area contributed by atoms with Crippen LogP contribution in [0.5, 0.6) is 5.75 Å². The molecule has 1 aromatic heterocycles. The molecule has 7 nitrogen and oxygen atoms in total. The lowest BCUT2D eigenvalue weighted by Crippen LogP contribution is -2.31. The van der Waals surface area contributed by atoms with Gasteiger partial charge in [-0.25, -0.2) is 0 Å². The topological polar surface area (TPSA) is 86.1 Å². The minimum atomic E-state index is -0.550. The number of ether oxygens (including phenoxy) is 1. The summed E-state index contributed by atoms with van der Waals surface area (Å²) in [4.78, 5) is 25.7. The van der Waals surface area contributed by atoms with E-state index in [1.54, 1.807) is 41.2 Å². The number of aromatic nitrogens is 3. The number of rotatable bonds is 1. The number of fused-ring (bicyclic) bond motifs is 3. The predicted molar refractivity (Wildman–Crippen MR) is 107 cm³/mol. The fourth-order valence-electron chi connectivity index (χ4n) is 3.26. The third-order valence-electron chi connectivity index (χ3n) is 4.72. The second kappa shape index (κ2) is 8.45. The Bertz CT molecular complexity index is 1050. The normalized spacial score (nSPS) is 17.6. The predicted octanol–water partition coefficient (Wildman–Crippen LogP) is 3.34. The third kappa shape index (κ3) is 4.46. The molecule has 0 aliphatic carbocycles. The number of carbonyl (C=O) groups is 2. The van der Waals surface area contributed by atoms with Gasteiger partial charge in [-0.2, -0.15) is 0 Å². The van der Waals surface area contributed by atoms with E-state index in [1.807, 2.05) is 18.2 Å². The Labute approximate surface area is 172 Å². The number of hydrogen-bond donors (Lipinski definition) is 1. The summed E-state index contributed by atoms with van der Waals surface area (Å²) in [7, 11) is 0. The summed E-state index contributed by atoms with van der Waals surface area (Å²) in [6.45, 7) is 0.559. The molecule has 1 amide bonds. The SMILES string of the molecule is O=C1CCn2cc(nn2)COc2ccccc2C(=O)CC(c2ccccc2Cl)N1. The standard InChI is InChI=1S/C21H19ClN4O3/c22-17-7-3-1-5-15(17)18-11-19(27)16-6-2-4-8-20(16)29-13-14-12-26(25-24-14)10-9-21(28)23-18/h1-8,12,18H,9-11,13H2,(H,23,28). The van der Waals surface area contributed by atoms with Gasteiger partial charge in [0.05, 0.1) is 24.3 Å². The summed E-state index contributed by atoms with van der Waals surface area (Å²) in [6, 6.07) is 13.7. The highest BCUT2D eigenvalue weighted by molar-refractivity contribution is 6.31. The number of Topliss-reactive ketones (excluding diaryl/α,β-unsaturated/α-hetero) is 1. The molecule has 148 valence electrons. The average molecular weight is 411 g/mol. The summed E-state index contributed by atoms with van der Waals surface area (Å²) in [5.74, 6) is 0.126. The first kappa shape index (κ1) is 19.1. The van der Waals surface area contributed by atoms with Crippen molar-refractivity contribution in [3.63, 3.8) is 0 Å². The number of halogens is 1. The van der Waals surface area contributed by atoms with Gasteiger partial charge in [0, 0.05) is 17.9 Å². The minimum absolute atomic E-state index is 0.0665. The first-order valence-electron chi connectivity index (χ1n) is 9.28. The maximum atomic E-state index is 13.1. The molecule has 0 radical (unpaired) electrons. The summed E-state index contributed by atoms with van der Waals surface area (Å²) >= 11 is 6.35. The number of para-hydroxylation sites is 1. The zero-order valence-corrected chi connectivity index (χ0v) is 16.3. The number of nitrogens with one attached hydrogen (secondary N) is 1. The molecule has 4 rings (SSSR count). The number of aryl methyl sites for hydroxylation is 1. The van der Waals surface area contributed by atoms with Crippen LogP contribution in [0.1, 0.15) is 40.5 Å². The smallest absolute Gasteiger partial charge is 0.222 e. The number of carbonyl (C=O) groups excluding carboxylic acids is 2. The Morgan fingerprint density at radius 2 is 1.90 bits per heavy atom. The molecule has 3 aromatic rings. The molecule has 0 saturated heterocycles. The highest BCUT2D eigenvalue weighted by Crippen LogP contribution is 2.29. The lowest BCUT2D eigenvalue weighted by molar-refractivity contribution is -0.122. The fraction of sp³-hybridized carbons (Fsp3) is 0.238. The molecule has 1 unspecified atom stereocenters. The van der Waals surface area contributed by atoms with Crippen molar-refractivity contribution in [2.75, 3.05) is 0 Å². The minimum Gasteiger partial charge on any atom is -0.486 e. The van der Waals surface area contributed by atoms with Crippen molar-refractivity contribution in [3.8, 4) is 5.75 Å². The van der Waals surface area contributed by atoms with E-state index in [0.717, 1.165) is 0 Å². The molecule has 1 atom stereocenters. The molecule has 1 aliphatic heterocycles. The van der Waals surface area contributed by atoms with Crippen LogP contribution in [0.3, 0.4) is 0 Å². The Hall–Kier alpha value is -3.19. The highest BCUT2D eigenvalue weighted by Gasteiger charge is 2.23. The van der Waals surface area contributed by atoms with Crippen molar-refractivity contribution in [1.82, 2.24) is 20.3 Å². The summed E-state index contributed by atoms with van der Waals surface area (Å²) in [5, 5.41) is 11.5. The van der Waals surface area contributed by atoms with Crippen LogP contribution in [0.2, 0.25) is 5.02 Å². The van der Waals surface area contributed by atoms with E-state index in [0.29, 0.717) is 34.1 Å². The molecule has 2 aromatic carbocycles. The molecule has 2 heterocycles. The largest absolute Gasteiger partial charge is 0.486 e. The molecular weight excluding hydrogens is 392 g/mol. The monoisotopic (exact) mass is 410 g/mol. The Morgan fingerprint density at radius 1 is 1.10 bits per heavy atom. The van der Waals surface area contributed by atoms with E-state index in [9.17, 15) is 9.59 Å². The first-order chi connectivity index (χ1) is 14.1. The van der Waals surface area contributed by atoms with Crippen molar-refractivity contribution < 1.29 is 14.3 Å². The molecule has 1 N–H and O–H groups in total. The molecule has 8 heteroatoms. The summed E-state index contributed by atoms with van der Waals surface area (Å²) < 4.78 is 7.44. The molecule has 1 aliphatic rings. The lowest BCUT2D eigenvalue weighted by Gasteiger charge is -2.21. The second-order valence-corrected chi connectivity index (χ2v) is 7.18. The number of ketones is 1. The van der Waals surface area contributed by atoms with Gasteiger partial charge in [0.1, 0.15) is 18.1 Å². The van der Waals surface area contributed by atoms with Crippen molar-refractivity contribution in [3.05, 3.63) is 76.6 Å². The van der Waals surface area contributed by atoms with Crippen LogP contribution in [-0.2, 0) is 17.9 Å². The number of hydrogen-bond acceptors (Lipinski definition) is 5. The number of benzene rings is 2. The van der Waals surface area contributed by atoms with Crippen LogP contribution in [-0.4, -0.2) is 26.7 Å². The van der Waals surface area contributed by atoms with Crippen molar-refractivity contribution in [2.45, 2.75) is 32.0 Å². The Balaban J connectivity index is 1.71. The first-order valence-corrected chi connectivity index (χ1v) is 9.66. The average Bonchev–Trinajstić information content (AvgIpc) is 3.18. The third-order valence-corrected chi connectivity index (χ3v) is 5.07. The zero-order valence-electron chi connectivity index (χ0n) is 15.5. The fourth-order valence-corrected chi connectivity index (χ4v) is 3.53. The van der Waals surface area contributed by atoms with Crippen LogP contribution in [0, 0.1) is 0 Å². The summed E-state index contributed by atoms with van der Waals surface area (Å²) in [5.41, 5.74) is 1.77. The van der Waals surface area contributed by atoms with Gasteiger partial charge in [0.25, 0.3) is 0 Å². The zero-order chi connectivity index (χ0) is 20.2. The number of amides is 1. The molecule has 0 fully saturated rings. The van der Waals surface area contributed by atoms with E-state index >= 15 is 0 Å². The van der Waals surface area contributed by atoms with Crippen LogP contribution >= 0.6 is 11.6 Å². The van der Waals surface area contributed by atoms with Gasteiger partial charge in [0.2, 0.25) is 5.91 Å². The van der Waals surface area contributed by atoms with Crippen LogP contribution in [0.4, 0.5) is 0 Å². The molecule has 29 heavy (non-hydrogen) atoms. The Kier molecular flexibility index (Phi) is 5.57. The van der Waals surface area contributed by atoms with Crippen LogP contribution in [0.25, 0.3) is 0 Å². The summed E-state index contributed by atoms with van der Waals surface area (Å²) in [6.07, 6.45) is 2.00. The van der Waals surface area contributed by atoms with Gasteiger partial charge < -0.3 is 10.1 Å². The lowest BCUT2D eigenvalue weighted by atomic mass is 9.97. The second-order valence-electron chi connectivity index (χ2n) is 6.78. The van der Waals surface area contributed by atoms with Crippen molar-refractivity contribution >= 4 is 23.3 Å². The molecular formula is C21H19ClN4O3. The van der Waals surface area contributed by atoms with E-state index in [2.05, 4.69) is 15.6 Å². The maximum absolute atomic E-state index is 13.1. The van der Waals surface area contributed by atoms with Gasteiger partial charge >= 0.3 is 0 Å². The van der Waals surface area contributed by atoms with Crippen LogP contribution < -0.4 is 10.1 Å². The molecule has 2 bridgehead atoms. The molecule has 0 saturated carbocycles. The van der Waals surface area contributed by atoms with E-state index in [-0.39, 0.29) is 31.1 Å². The van der Waals surface area contributed by atoms with Gasteiger partial charge in [-0.15, -0.1) is 5.10 Å².